The van der Waals surface area contributed by atoms with E-state index in [2.05, 4.69) is 10.6 Å². The number of carbonyl (C=O) groups is 1. The quantitative estimate of drug-likeness (QED) is 0.725. The van der Waals surface area contributed by atoms with Crippen LogP contribution in [0.3, 0.4) is 0 Å². The van der Waals surface area contributed by atoms with Crippen LogP contribution in [0, 0.1) is 0 Å². The minimum atomic E-state index is -3.40. The van der Waals surface area contributed by atoms with E-state index in [-0.39, 0.29) is 18.4 Å². The van der Waals surface area contributed by atoms with E-state index in [1.165, 1.54) is 11.3 Å². The largest absolute Gasteiger partial charge is 0.354 e. The van der Waals surface area contributed by atoms with Crippen LogP contribution in [0.15, 0.2) is 16.3 Å². The average molecular weight is 374 g/mol. The van der Waals surface area contributed by atoms with Gasteiger partial charge in [0.1, 0.15) is 4.21 Å². The van der Waals surface area contributed by atoms with Crippen molar-refractivity contribution in [2.24, 2.45) is 0 Å². The molecule has 0 spiro atoms. The molecule has 8 heteroatoms. The maximum absolute atomic E-state index is 12.6. The number of nitrogens with one attached hydrogen (secondary N) is 2. The van der Waals surface area contributed by atoms with E-state index in [0.717, 1.165) is 30.7 Å². The molecule has 0 saturated carbocycles. The Labute approximate surface area is 148 Å². The average Bonchev–Trinajstić information content (AvgIpc) is 3.03. The fourth-order valence-corrected chi connectivity index (χ4v) is 5.76. The van der Waals surface area contributed by atoms with Crippen molar-refractivity contribution in [1.82, 2.24) is 14.9 Å². The third-order valence-corrected chi connectivity index (χ3v) is 7.49. The summed E-state index contributed by atoms with van der Waals surface area (Å²) in [7, 11) is -3.40. The Bertz CT molecular complexity index is 637. The van der Waals surface area contributed by atoms with E-state index in [4.69, 9.17) is 0 Å². The topological polar surface area (TPSA) is 78.5 Å². The first kappa shape index (κ1) is 19.4. The zero-order valence-corrected chi connectivity index (χ0v) is 16.0. The molecule has 0 bridgehead atoms. The standard InChI is InChI=1S/C16H27N3O3S2/c1-3-17-13(2)12-18-15(20)11-14-7-8-16(23-14)24(21,22)19-9-5-4-6-10-19/h7-8,13,17H,3-6,9-12H2,1-2H3,(H,18,20)/t13-/m1/s1. The van der Waals surface area contributed by atoms with Gasteiger partial charge in [-0.25, -0.2) is 8.42 Å². The fourth-order valence-electron chi connectivity index (χ4n) is 2.73. The zero-order chi connectivity index (χ0) is 17.6. The number of hydrogen-bond acceptors (Lipinski definition) is 5. The van der Waals surface area contributed by atoms with E-state index in [1.807, 2.05) is 13.8 Å². The lowest BCUT2D eigenvalue weighted by Crippen LogP contribution is -2.39. The highest BCUT2D eigenvalue weighted by Crippen LogP contribution is 2.27. The van der Waals surface area contributed by atoms with Crippen LogP contribution in [-0.2, 0) is 21.2 Å². The lowest BCUT2D eigenvalue weighted by molar-refractivity contribution is -0.120. The van der Waals surface area contributed by atoms with Crippen LogP contribution >= 0.6 is 11.3 Å². The van der Waals surface area contributed by atoms with Crippen LogP contribution in [0.4, 0.5) is 0 Å². The highest BCUT2D eigenvalue weighted by Gasteiger charge is 2.27. The molecule has 0 radical (unpaired) electrons. The van der Waals surface area contributed by atoms with Gasteiger partial charge in [0, 0.05) is 30.6 Å². The van der Waals surface area contributed by atoms with Crippen molar-refractivity contribution < 1.29 is 13.2 Å². The van der Waals surface area contributed by atoms with E-state index in [1.54, 1.807) is 16.4 Å². The number of likely N-dealkylation sites (N-methyl/N-ethyl adjacent to an activating group) is 1. The van der Waals surface area contributed by atoms with Crippen LogP contribution in [0.2, 0.25) is 0 Å². The maximum Gasteiger partial charge on any atom is 0.252 e. The third-order valence-electron chi connectivity index (χ3n) is 4.04. The third kappa shape index (κ3) is 5.27. The van der Waals surface area contributed by atoms with Crippen LogP contribution in [-0.4, -0.2) is 50.9 Å². The number of sulfonamides is 1. The number of piperidine rings is 1. The van der Waals surface area contributed by atoms with Gasteiger partial charge in [-0.05, 0) is 38.4 Å². The predicted molar refractivity (Wildman–Crippen MR) is 96.8 cm³/mol. The Hall–Kier alpha value is -0.960. The second-order valence-electron chi connectivity index (χ2n) is 6.13. The van der Waals surface area contributed by atoms with Crippen LogP contribution in [0.5, 0.6) is 0 Å². The molecule has 0 aromatic carbocycles. The second kappa shape index (κ2) is 8.94. The van der Waals surface area contributed by atoms with Crippen molar-refractivity contribution >= 4 is 27.3 Å². The van der Waals surface area contributed by atoms with Gasteiger partial charge in [0.25, 0.3) is 10.0 Å². The Morgan fingerprint density at radius 1 is 1.29 bits per heavy atom. The van der Waals surface area contributed by atoms with E-state index in [9.17, 15) is 13.2 Å². The van der Waals surface area contributed by atoms with Gasteiger partial charge in [0.2, 0.25) is 5.91 Å². The Balaban J connectivity index is 1.91. The van der Waals surface area contributed by atoms with E-state index < -0.39 is 10.0 Å². The summed E-state index contributed by atoms with van der Waals surface area (Å²) in [5.74, 6) is -0.0801. The number of hydrogen-bond donors (Lipinski definition) is 2. The van der Waals surface area contributed by atoms with Gasteiger partial charge in [0.15, 0.2) is 0 Å². The summed E-state index contributed by atoms with van der Waals surface area (Å²) < 4.78 is 27.1. The molecule has 1 amide bonds. The normalized spacial score (nSPS) is 17.6. The van der Waals surface area contributed by atoms with Crippen molar-refractivity contribution in [2.45, 2.75) is 49.8 Å². The summed E-state index contributed by atoms with van der Waals surface area (Å²) in [6.07, 6.45) is 3.15. The molecule has 2 heterocycles. The molecule has 2 rings (SSSR count). The van der Waals surface area contributed by atoms with Gasteiger partial charge in [-0.15, -0.1) is 11.3 Å². The molecule has 1 fully saturated rings. The molecule has 1 saturated heterocycles. The first-order valence-electron chi connectivity index (χ1n) is 8.52. The SMILES string of the molecule is CCN[C@H](C)CNC(=O)Cc1ccc(S(=O)(=O)N2CCCCC2)s1. The number of carbonyl (C=O) groups excluding carboxylic acids is 1. The zero-order valence-electron chi connectivity index (χ0n) is 14.4. The minimum Gasteiger partial charge on any atom is -0.354 e. The summed E-state index contributed by atoms with van der Waals surface area (Å²) in [6.45, 7) is 6.65. The van der Waals surface area contributed by atoms with Crippen LogP contribution in [0.25, 0.3) is 0 Å². The van der Waals surface area contributed by atoms with Gasteiger partial charge < -0.3 is 10.6 Å². The maximum atomic E-state index is 12.6. The van der Waals surface area contributed by atoms with Gasteiger partial charge in [0.05, 0.1) is 6.42 Å². The van der Waals surface area contributed by atoms with E-state index >= 15 is 0 Å². The number of thiophene rings is 1. The molecular formula is C16H27N3O3S2. The fraction of sp³-hybridized carbons (Fsp3) is 0.688. The van der Waals surface area contributed by atoms with Crippen molar-refractivity contribution in [3.8, 4) is 0 Å². The molecule has 136 valence electrons. The highest BCUT2D eigenvalue weighted by molar-refractivity contribution is 7.91. The first-order chi connectivity index (χ1) is 11.4. The Kier molecular flexibility index (Phi) is 7.21. The van der Waals surface area contributed by atoms with E-state index in [0.29, 0.717) is 23.8 Å². The summed E-state index contributed by atoms with van der Waals surface area (Å²) >= 11 is 1.20. The van der Waals surface area contributed by atoms with Gasteiger partial charge in [-0.2, -0.15) is 4.31 Å². The van der Waals surface area contributed by atoms with Gasteiger partial charge in [-0.3, -0.25) is 4.79 Å². The molecule has 1 atom stereocenters. The summed E-state index contributed by atoms with van der Waals surface area (Å²) in [6, 6.07) is 3.59. The summed E-state index contributed by atoms with van der Waals surface area (Å²) in [4.78, 5) is 12.8. The van der Waals surface area contributed by atoms with Crippen molar-refractivity contribution in [2.75, 3.05) is 26.2 Å². The Morgan fingerprint density at radius 2 is 2.00 bits per heavy atom. The smallest absolute Gasteiger partial charge is 0.252 e. The molecule has 0 aliphatic carbocycles. The molecule has 2 N–H and O–H groups in total. The lowest BCUT2D eigenvalue weighted by Gasteiger charge is -2.25. The molecule has 1 aliphatic rings. The molecule has 1 aromatic rings. The molecule has 1 aliphatic heterocycles. The molecule has 1 aromatic heterocycles. The first-order valence-corrected chi connectivity index (χ1v) is 10.8. The lowest BCUT2D eigenvalue weighted by atomic mass is 10.2. The van der Waals surface area contributed by atoms with Crippen molar-refractivity contribution in [3.05, 3.63) is 17.0 Å². The highest BCUT2D eigenvalue weighted by atomic mass is 32.2. The van der Waals surface area contributed by atoms with Gasteiger partial charge in [-0.1, -0.05) is 13.3 Å². The van der Waals surface area contributed by atoms with Gasteiger partial charge >= 0.3 is 0 Å². The summed E-state index contributed by atoms with van der Waals surface area (Å²) in [5, 5.41) is 6.10. The molecule has 0 unspecified atom stereocenters. The number of rotatable bonds is 8. The minimum absolute atomic E-state index is 0.0801. The molecular weight excluding hydrogens is 346 g/mol. The van der Waals surface area contributed by atoms with Crippen LogP contribution in [0.1, 0.15) is 38.0 Å². The predicted octanol–water partition coefficient (Wildman–Crippen LogP) is 1.58. The number of amides is 1. The van der Waals surface area contributed by atoms with Crippen molar-refractivity contribution in [3.63, 3.8) is 0 Å². The van der Waals surface area contributed by atoms with Crippen molar-refractivity contribution in [1.29, 1.82) is 0 Å². The molecule has 6 nitrogen and oxygen atoms in total. The molecule has 24 heavy (non-hydrogen) atoms. The Morgan fingerprint density at radius 3 is 2.67 bits per heavy atom. The number of nitrogens with zero attached hydrogens (tertiary/aromatic N) is 1. The monoisotopic (exact) mass is 373 g/mol. The second-order valence-corrected chi connectivity index (χ2v) is 9.46. The summed E-state index contributed by atoms with van der Waals surface area (Å²) in [5.41, 5.74) is 0. The van der Waals surface area contributed by atoms with Crippen LogP contribution < -0.4 is 10.6 Å².